The maximum absolute atomic E-state index is 12.3. The van der Waals surface area contributed by atoms with Gasteiger partial charge in [-0.3, -0.25) is 4.90 Å². The number of carbonyl (C=O) groups excluding carboxylic acids is 1. The van der Waals surface area contributed by atoms with Crippen LogP contribution in [0.5, 0.6) is 0 Å². The fourth-order valence-electron chi connectivity index (χ4n) is 3.20. The molecule has 22 heavy (non-hydrogen) atoms. The highest BCUT2D eigenvalue weighted by Crippen LogP contribution is 2.17. The summed E-state index contributed by atoms with van der Waals surface area (Å²) in [7, 11) is 0. The Morgan fingerprint density at radius 1 is 1.36 bits per heavy atom. The Balaban J connectivity index is 2.51. The number of hydrogen-bond donors (Lipinski definition) is 2. The molecule has 1 aliphatic rings. The van der Waals surface area contributed by atoms with Gasteiger partial charge in [-0.05, 0) is 37.8 Å². The van der Waals surface area contributed by atoms with Crippen molar-refractivity contribution in [2.45, 2.75) is 59.6 Å². The molecule has 0 saturated carbocycles. The van der Waals surface area contributed by atoms with E-state index in [-0.39, 0.29) is 11.9 Å². The van der Waals surface area contributed by atoms with Crippen LogP contribution in [0.4, 0.5) is 4.79 Å². The lowest BCUT2D eigenvalue weighted by molar-refractivity contribution is 0.0430. The van der Waals surface area contributed by atoms with Crippen LogP contribution < -0.4 is 5.32 Å². The molecule has 0 aliphatic carbocycles. The van der Waals surface area contributed by atoms with Crippen molar-refractivity contribution in [3.8, 4) is 0 Å². The van der Waals surface area contributed by atoms with E-state index in [1.54, 1.807) is 4.90 Å². The van der Waals surface area contributed by atoms with Crippen molar-refractivity contribution in [3.05, 3.63) is 0 Å². The second-order valence-corrected chi connectivity index (χ2v) is 6.97. The van der Waals surface area contributed by atoms with Crippen LogP contribution in [0.25, 0.3) is 0 Å². The number of piperidine rings is 1. The lowest BCUT2D eigenvalue weighted by Crippen LogP contribution is -2.52. The Bertz CT molecular complexity index is 332. The fraction of sp³-hybridized carbons (Fsp3) is 0.941. The van der Waals surface area contributed by atoms with E-state index >= 15 is 0 Å². The lowest BCUT2D eigenvalue weighted by Gasteiger charge is -2.36. The molecule has 1 rings (SSSR count). The van der Waals surface area contributed by atoms with Gasteiger partial charge in [0.1, 0.15) is 0 Å². The van der Waals surface area contributed by atoms with Crippen molar-refractivity contribution in [2.75, 3.05) is 32.7 Å². The number of rotatable bonds is 7. The van der Waals surface area contributed by atoms with Crippen LogP contribution in [0.15, 0.2) is 0 Å². The standard InChI is InChI=1S/C17H35N3O2/c1-6-19(7-2)15(10-13(3)4)11-18-17(22)20-9-8-14(5)16(21)12-20/h13-16,21H,6-12H2,1-5H3,(H,18,22). The molecule has 0 radical (unpaired) electrons. The lowest BCUT2D eigenvalue weighted by atomic mass is 9.96. The zero-order valence-corrected chi connectivity index (χ0v) is 15.0. The Hall–Kier alpha value is -0.810. The molecule has 1 saturated heterocycles. The van der Waals surface area contributed by atoms with Crippen molar-refractivity contribution >= 4 is 6.03 Å². The number of aliphatic hydroxyl groups excluding tert-OH is 1. The smallest absolute Gasteiger partial charge is 0.317 e. The van der Waals surface area contributed by atoms with Crippen LogP contribution in [0.2, 0.25) is 0 Å². The summed E-state index contributed by atoms with van der Waals surface area (Å²) in [6.45, 7) is 14.7. The number of aliphatic hydroxyl groups is 1. The molecule has 1 aliphatic heterocycles. The van der Waals surface area contributed by atoms with Crippen molar-refractivity contribution in [1.82, 2.24) is 15.1 Å². The molecule has 2 amide bonds. The number of β-amino-alcohol motifs (C(OH)–C–C–N with tert-alkyl or cyclic N) is 1. The SMILES string of the molecule is CCN(CC)C(CNC(=O)N1CCC(C)C(O)C1)CC(C)C. The molecular formula is C17H35N3O2. The summed E-state index contributed by atoms with van der Waals surface area (Å²) >= 11 is 0. The first-order valence-electron chi connectivity index (χ1n) is 8.83. The molecule has 0 spiro atoms. The highest BCUT2D eigenvalue weighted by atomic mass is 16.3. The molecule has 1 fully saturated rings. The molecule has 1 heterocycles. The molecular weight excluding hydrogens is 278 g/mol. The summed E-state index contributed by atoms with van der Waals surface area (Å²) < 4.78 is 0. The summed E-state index contributed by atoms with van der Waals surface area (Å²) in [4.78, 5) is 16.5. The van der Waals surface area contributed by atoms with Gasteiger partial charge in [0.05, 0.1) is 6.10 Å². The normalized spacial score (nSPS) is 23.9. The third-order valence-electron chi connectivity index (χ3n) is 4.77. The molecule has 0 aromatic heterocycles. The molecule has 0 aromatic rings. The maximum atomic E-state index is 12.3. The third-order valence-corrected chi connectivity index (χ3v) is 4.77. The summed E-state index contributed by atoms with van der Waals surface area (Å²) in [6.07, 6.45) is 1.57. The largest absolute Gasteiger partial charge is 0.391 e. The van der Waals surface area contributed by atoms with E-state index in [2.05, 4.69) is 37.9 Å². The van der Waals surface area contributed by atoms with Gasteiger partial charge in [0.2, 0.25) is 0 Å². The van der Waals surface area contributed by atoms with Gasteiger partial charge in [0, 0.05) is 25.7 Å². The van der Waals surface area contributed by atoms with Crippen molar-refractivity contribution in [3.63, 3.8) is 0 Å². The minimum Gasteiger partial charge on any atom is -0.391 e. The zero-order valence-electron chi connectivity index (χ0n) is 15.0. The summed E-state index contributed by atoms with van der Waals surface area (Å²) in [6, 6.07) is 0.347. The topological polar surface area (TPSA) is 55.8 Å². The van der Waals surface area contributed by atoms with Gasteiger partial charge in [-0.25, -0.2) is 4.79 Å². The van der Waals surface area contributed by atoms with Gasteiger partial charge in [-0.15, -0.1) is 0 Å². The zero-order chi connectivity index (χ0) is 16.7. The van der Waals surface area contributed by atoms with Crippen LogP contribution in [-0.4, -0.2) is 65.8 Å². The van der Waals surface area contributed by atoms with Crippen molar-refractivity contribution < 1.29 is 9.90 Å². The molecule has 3 atom stereocenters. The molecule has 5 nitrogen and oxygen atoms in total. The predicted molar refractivity (Wildman–Crippen MR) is 90.9 cm³/mol. The average Bonchev–Trinajstić information content (AvgIpc) is 2.47. The number of carbonyl (C=O) groups is 1. The van der Waals surface area contributed by atoms with E-state index in [1.807, 2.05) is 6.92 Å². The van der Waals surface area contributed by atoms with Crippen LogP contribution >= 0.6 is 0 Å². The summed E-state index contributed by atoms with van der Waals surface area (Å²) in [5.74, 6) is 0.897. The highest BCUT2D eigenvalue weighted by molar-refractivity contribution is 5.74. The first-order chi connectivity index (χ1) is 10.4. The van der Waals surface area contributed by atoms with Gasteiger partial charge >= 0.3 is 6.03 Å². The number of amides is 2. The maximum Gasteiger partial charge on any atom is 0.317 e. The first kappa shape index (κ1) is 19.2. The van der Waals surface area contributed by atoms with Crippen molar-refractivity contribution in [2.24, 2.45) is 11.8 Å². The quantitative estimate of drug-likeness (QED) is 0.757. The van der Waals surface area contributed by atoms with E-state index in [9.17, 15) is 9.90 Å². The van der Waals surface area contributed by atoms with Crippen LogP contribution in [0, 0.1) is 11.8 Å². The number of likely N-dealkylation sites (N-methyl/N-ethyl adjacent to an activating group) is 1. The number of likely N-dealkylation sites (tertiary alicyclic amines) is 1. The van der Waals surface area contributed by atoms with Crippen LogP contribution in [0.3, 0.4) is 0 Å². The molecule has 130 valence electrons. The average molecular weight is 313 g/mol. The third kappa shape index (κ3) is 5.76. The molecule has 3 unspecified atom stereocenters. The summed E-state index contributed by atoms with van der Waals surface area (Å²) in [5, 5.41) is 13.0. The Labute approximate surface area is 136 Å². The minimum absolute atomic E-state index is 0.0353. The number of nitrogens with one attached hydrogen (secondary N) is 1. The van der Waals surface area contributed by atoms with E-state index in [0.717, 1.165) is 32.5 Å². The monoisotopic (exact) mass is 313 g/mol. The second kappa shape index (κ2) is 9.36. The van der Waals surface area contributed by atoms with Gasteiger partial charge < -0.3 is 15.3 Å². The van der Waals surface area contributed by atoms with Crippen LogP contribution in [0.1, 0.15) is 47.5 Å². The second-order valence-electron chi connectivity index (χ2n) is 6.97. The Kier molecular flexibility index (Phi) is 8.18. The van der Waals surface area contributed by atoms with Gasteiger partial charge in [-0.2, -0.15) is 0 Å². The van der Waals surface area contributed by atoms with E-state index < -0.39 is 6.10 Å². The van der Waals surface area contributed by atoms with Gasteiger partial charge in [0.25, 0.3) is 0 Å². The first-order valence-corrected chi connectivity index (χ1v) is 8.83. The van der Waals surface area contributed by atoms with Gasteiger partial charge in [-0.1, -0.05) is 34.6 Å². The summed E-state index contributed by atoms with van der Waals surface area (Å²) in [5.41, 5.74) is 0. The molecule has 0 aromatic carbocycles. The van der Waals surface area contributed by atoms with E-state index in [4.69, 9.17) is 0 Å². The van der Waals surface area contributed by atoms with E-state index in [0.29, 0.717) is 25.0 Å². The van der Waals surface area contributed by atoms with Gasteiger partial charge in [0.15, 0.2) is 0 Å². The fourth-order valence-corrected chi connectivity index (χ4v) is 3.20. The minimum atomic E-state index is -0.395. The Morgan fingerprint density at radius 3 is 2.50 bits per heavy atom. The van der Waals surface area contributed by atoms with Crippen LogP contribution in [-0.2, 0) is 0 Å². The highest BCUT2D eigenvalue weighted by Gasteiger charge is 2.27. The predicted octanol–water partition coefficient (Wildman–Crippen LogP) is 2.16. The Morgan fingerprint density at radius 2 is 2.00 bits per heavy atom. The van der Waals surface area contributed by atoms with E-state index in [1.165, 1.54) is 0 Å². The molecule has 2 N–H and O–H groups in total. The number of nitrogens with zero attached hydrogens (tertiary/aromatic N) is 2. The number of urea groups is 1. The number of hydrogen-bond acceptors (Lipinski definition) is 3. The molecule has 0 bridgehead atoms. The molecule has 5 heteroatoms. The van der Waals surface area contributed by atoms with Crippen molar-refractivity contribution in [1.29, 1.82) is 0 Å².